The molecule has 0 aromatic heterocycles. The molecule has 2 aromatic carbocycles. The number of aromatic hydroxyl groups is 2. The number of phenolic OH excluding ortho intramolecular Hbond substituents is 2. The summed E-state index contributed by atoms with van der Waals surface area (Å²) < 4.78 is 0. The zero-order valence-electron chi connectivity index (χ0n) is 19.4. The van der Waals surface area contributed by atoms with Crippen LogP contribution in [-0.2, 0) is 9.59 Å². The Morgan fingerprint density at radius 1 is 0.588 bits per heavy atom. The molecule has 0 bridgehead atoms. The lowest BCUT2D eigenvalue weighted by Gasteiger charge is -2.03. The summed E-state index contributed by atoms with van der Waals surface area (Å²) >= 11 is 0. The fourth-order valence-electron chi connectivity index (χ4n) is 3.22. The normalized spacial score (nSPS) is 11.2. The number of nitrogens with zero attached hydrogens (tertiary/aromatic N) is 2. The van der Waals surface area contributed by atoms with Gasteiger partial charge >= 0.3 is 0 Å². The average Bonchev–Trinajstić information content (AvgIpc) is 2.83. The second-order valence-electron chi connectivity index (χ2n) is 8.10. The Morgan fingerprint density at radius 2 is 0.912 bits per heavy atom. The monoisotopic (exact) mass is 466 g/mol. The fourth-order valence-corrected chi connectivity index (χ4v) is 3.22. The van der Waals surface area contributed by atoms with Crippen molar-refractivity contribution < 1.29 is 19.8 Å². The summed E-state index contributed by atoms with van der Waals surface area (Å²) in [7, 11) is 0. The van der Waals surface area contributed by atoms with E-state index in [4.69, 9.17) is 0 Å². The SMILES string of the molecule is O=C(CCCCCCCCCCC(=O)N/N=C\c1ccc(O)cc1)N/N=C\c1ccc(O)cc1. The first kappa shape index (κ1) is 26.6. The van der Waals surface area contributed by atoms with Crippen molar-refractivity contribution in [3.63, 3.8) is 0 Å². The molecule has 2 rings (SSSR count). The molecule has 0 fully saturated rings. The van der Waals surface area contributed by atoms with Gasteiger partial charge in [-0.3, -0.25) is 9.59 Å². The number of hydrogen-bond acceptors (Lipinski definition) is 6. The minimum atomic E-state index is -0.0966. The van der Waals surface area contributed by atoms with Crippen molar-refractivity contribution in [1.29, 1.82) is 0 Å². The van der Waals surface area contributed by atoms with Crippen LogP contribution in [-0.4, -0.2) is 34.5 Å². The van der Waals surface area contributed by atoms with E-state index in [9.17, 15) is 19.8 Å². The van der Waals surface area contributed by atoms with Crippen molar-refractivity contribution in [3.05, 3.63) is 59.7 Å². The number of amides is 2. The van der Waals surface area contributed by atoms with E-state index in [2.05, 4.69) is 21.1 Å². The van der Waals surface area contributed by atoms with Gasteiger partial charge in [-0.25, -0.2) is 10.9 Å². The van der Waals surface area contributed by atoms with E-state index < -0.39 is 0 Å². The maximum absolute atomic E-state index is 11.8. The standard InChI is InChI=1S/C26H34N4O4/c31-23-15-11-21(12-16-23)19-27-29-25(33)9-7-5-3-1-2-4-6-8-10-26(34)30-28-20-22-13-17-24(32)18-14-22/h11-20,31-32H,1-10H2,(H,29,33)(H,30,34)/b27-19-,28-20-. The smallest absolute Gasteiger partial charge is 0.240 e. The van der Waals surface area contributed by atoms with Crippen LogP contribution < -0.4 is 10.9 Å². The number of phenols is 2. The highest BCUT2D eigenvalue weighted by Gasteiger charge is 2.01. The van der Waals surface area contributed by atoms with Crippen molar-refractivity contribution in [3.8, 4) is 11.5 Å². The number of hydrogen-bond donors (Lipinski definition) is 4. The zero-order valence-corrected chi connectivity index (χ0v) is 19.4. The number of hydrazone groups is 2. The molecule has 0 radical (unpaired) electrons. The Labute approximate surface area is 200 Å². The predicted molar refractivity (Wildman–Crippen MR) is 134 cm³/mol. The molecule has 0 aliphatic carbocycles. The van der Waals surface area contributed by atoms with Crippen LogP contribution in [0.4, 0.5) is 0 Å². The first-order chi connectivity index (χ1) is 16.5. The second kappa shape index (κ2) is 16.0. The van der Waals surface area contributed by atoms with Crippen molar-refractivity contribution in [1.82, 2.24) is 10.9 Å². The van der Waals surface area contributed by atoms with Crippen LogP contribution in [0.25, 0.3) is 0 Å². The number of unbranched alkanes of at least 4 members (excludes halogenated alkanes) is 7. The lowest BCUT2D eigenvalue weighted by Crippen LogP contribution is -2.16. The summed E-state index contributed by atoms with van der Waals surface area (Å²) in [5.74, 6) is 0.192. The summed E-state index contributed by atoms with van der Waals surface area (Å²) in [5, 5.41) is 26.3. The number of benzene rings is 2. The highest BCUT2D eigenvalue weighted by atomic mass is 16.3. The van der Waals surface area contributed by atoms with E-state index in [1.54, 1.807) is 61.0 Å². The third kappa shape index (κ3) is 12.4. The molecule has 8 heteroatoms. The number of nitrogens with one attached hydrogen (secondary N) is 2. The lowest BCUT2D eigenvalue weighted by atomic mass is 10.1. The van der Waals surface area contributed by atoms with E-state index in [0.29, 0.717) is 12.8 Å². The largest absolute Gasteiger partial charge is 0.508 e. The Balaban J connectivity index is 1.38. The minimum Gasteiger partial charge on any atom is -0.508 e. The molecule has 0 heterocycles. The fraction of sp³-hybridized carbons (Fsp3) is 0.385. The van der Waals surface area contributed by atoms with Crippen LogP contribution in [0.5, 0.6) is 11.5 Å². The first-order valence-corrected chi connectivity index (χ1v) is 11.7. The summed E-state index contributed by atoms with van der Waals surface area (Å²) in [6.07, 6.45) is 12.1. The molecule has 0 atom stereocenters. The van der Waals surface area contributed by atoms with E-state index in [-0.39, 0.29) is 23.3 Å². The third-order valence-corrected chi connectivity index (χ3v) is 5.15. The Kier molecular flexibility index (Phi) is 12.5. The maximum Gasteiger partial charge on any atom is 0.240 e. The van der Waals surface area contributed by atoms with Gasteiger partial charge in [0.2, 0.25) is 11.8 Å². The summed E-state index contributed by atoms with van der Waals surface area (Å²) in [6, 6.07) is 13.1. The highest BCUT2D eigenvalue weighted by molar-refractivity contribution is 5.83. The van der Waals surface area contributed by atoms with E-state index >= 15 is 0 Å². The maximum atomic E-state index is 11.8. The van der Waals surface area contributed by atoms with E-state index in [0.717, 1.165) is 62.5 Å². The van der Waals surface area contributed by atoms with Crippen molar-refractivity contribution in [2.45, 2.75) is 64.2 Å². The Hall–Kier alpha value is -3.68. The molecule has 4 N–H and O–H groups in total. The van der Waals surface area contributed by atoms with E-state index in [1.165, 1.54) is 0 Å². The van der Waals surface area contributed by atoms with Crippen LogP contribution in [0.2, 0.25) is 0 Å². The van der Waals surface area contributed by atoms with Gasteiger partial charge in [-0.15, -0.1) is 0 Å². The summed E-state index contributed by atoms with van der Waals surface area (Å²) in [5.41, 5.74) is 6.65. The van der Waals surface area contributed by atoms with Gasteiger partial charge in [-0.2, -0.15) is 10.2 Å². The second-order valence-corrected chi connectivity index (χ2v) is 8.10. The van der Waals surface area contributed by atoms with Gasteiger partial charge in [0.05, 0.1) is 12.4 Å². The molecule has 0 saturated carbocycles. The minimum absolute atomic E-state index is 0.0966. The molecule has 0 saturated heterocycles. The predicted octanol–water partition coefficient (Wildman–Crippen LogP) is 4.60. The number of carbonyl (C=O) groups excluding carboxylic acids is 2. The number of carbonyl (C=O) groups is 2. The first-order valence-electron chi connectivity index (χ1n) is 11.7. The van der Waals surface area contributed by atoms with Gasteiger partial charge in [0.1, 0.15) is 11.5 Å². The van der Waals surface area contributed by atoms with Gasteiger partial charge in [0.25, 0.3) is 0 Å². The van der Waals surface area contributed by atoms with Gasteiger partial charge in [0, 0.05) is 12.8 Å². The van der Waals surface area contributed by atoms with Crippen molar-refractivity contribution in [2.75, 3.05) is 0 Å². The molecule has 0 unspecified atom stereocenters. The third-order valence-electron chi connectivity index (χ3n) is 5.15. The Morgan fingerprint density at radius 3 is 1.26 bits per heavy atom. The summed E-state index contributed by atoms with van der Waals surface area (Å²) in [4.78, 5) is 23.6. The topological polar surface area (TPSA) is 123 Å². The molecule has 0 aliphatic rings. The van der Waals surface area contributed by atoms with Gasteiger partial charge in [0.15, 0.2) is 0 Å². The Bertz CT molecular complexity index is 847. The molecule has 182 valence electrons. The van der Waals surface area contributed by atoms with Crippen LogP contribution in [0.1, 0.15) is 75.3 Å². The highest BCUT2D eigenvalue weighted by Crippen LogP contribution is 2.11. The molecule has 8 nitrogen and oxygen atoms in total. The van der Waals surface area contributed by atoms with Crippen molar-refractivity contribution >= 4 is 24.2 Å². The zero-order chi connectivity index (χ0) is 24.4. The van der Waals surface area contributed by atoms with Crippen LogP contribution >= 0.6 is 0 Å². The molecule has 0 spiro atoms. The van der Waals surface area contributed by atoms with Crippen molar-refractivity contribution in [2.24, 2.45) is 10.2 Å². The number of rotatable bonds is 15. The molecule has 2 aromatic rings. The van der Waals surface area contributed by atoms with Crippen LogP contribution in [0, 0.1) is 0 Å². The lowest BCUT2D eigenvalue weighted by molar-refractivity contribution is -0.122. The van der Waals surface area contributed by atoms with Gasteiger partial charge < -0.3 is 10.2 Å². The van der Waals surface area contributed by atoms with Gasteiger partial charge in [-0.05, 0) is 72.5 Å². The quantitative estimate of drug-likeness (QED) is 0.174. The molecule has 34 heavy (non-hydrogen) atoms. The molecular weight excluding hydrogens is 432 g/mol. The van der Waals surface area contributed by atoms with Gasteiger partial charge in [-0.1, -0.05) is 38.5 Å². The average molecular weight is 467 g/mol. The molecule has 0 aliphatic heterocycles. The molecular formula is C26H34N4O4. The molecule has 2 amide bonds. The summed E-state index contributed by atoms with van der Waals surface area (Å²) in [6.45, 7) is 0. The van der Waals surface area contributed by atoms with Crippen LogP contribution in [0.3, 0.4) is 0 Å². The van der Waals surface area contributed by atoms with E-state index in [1.807, 2.05) is 0 Å². The van der Waals surface area contributed by atoms with Crippen LogP contribution in [0.15, 0.2) is 58.7 Å².